The van der Waals surface area contributed by atoms with Crippen LogP contribution in [0.5, 0.6) is 0 Å². The maximum absolute atomic E-state index is 5.36. The first kappa shape index (κ1) is 16.5. The minimum Gasteiger partial charge on any atom is -0.380 e. The van der Waals surface area contributed by atoms with E-state index in [0.29, 0.717) is 0 Å². The summed E-state index contributed by atoms with van der Waals surface area (Å²) in [5.74, 6) is 0.924. The number of hydrogen-bond donors (Lipinski definition) is 2. The van der Waals surface area contributed by atoms with Crippen LogP contribution < -0.4 is 10.6 Å². The van der Waals surface area contributed by atoms with Crippen LogP contribution in [0.1, 0.15) is 20.3 Å². The van der Waals surface area contributed by atoms with Gasteiger partial charge in [-0.3, -0.25) is 9.89 Å². The van der Waals surface area contributed by atoms with Crippen molar-refractivity contribution in [2.24, 2.45) is 10.4 Å². The Hall–Kier alpha value is -0.850. The molecule has 6 nitrogen and oxygen atoms in total. The van der Waals surface area contributed by atoms with Crippen molar-refractivity contribution >= 4 is 5.96 Å². The largest absolute Gasteiger partial charge is 0.380 e. The Kier molecular flexibility index (Phi) is 6.73. The van der Waals surface area contributed by atoms with E-state index in [1.54, 1.807) is 0 Å². The summed E-state index contributed by atoms with van der Waals surface area (Å²) in [4.78, 5) is 7.13. The quantitative estimate of drug-likeness (QED) is 0.402. The highest BCUT2D eigenvalue weighted by Gasteiger charge is 2.33. The number of nitrogens with zero attached hydrogens (tertiary/aromatic N) is 2. The van der Waals surface area contributed by atoms with Crippen LogP contribution in [0.15, 0.2) is 4.99 Å². The lowest BCUT2D eigenvalue weighted by Crippen LogP contribution is -2.45. The molecule has 0 radical (unpaired) electrons. The molecule has 0 atom stereocenters. The van der Waals surface area contributed by atoms with Crippen molar-refractivity contribution in [3.63, 3.8) is 0 Å². The molecule has 0 aliphatic carbocycles. The number of ether oxygens (including phenoxy) is 2. The molecule has 0 unspecified atom stereocenters. The van der Waals surface area contributed by atoms with E-state index in [9.17, 15) is 0 Å². The molecule has 2 aliphatic rings. The summed E-state index contributed by atoms with van der Waals surface area (Å²) in [6.07, 6.45) is 1.13. The molecule has 0 saturated carbocycles. The second-order valence-electron chi connectivity index (χ2n) is 6.23. The molecular weight excluding hydrogens is 268 g/mol. The van der Waals surface area contributed by atoms with E-state index in [4.69, 9.17) is 9.47 Å². The molecule has 0 aromatic rings. The third-order valence-electron chi connectivity index (χ3n) is 3.91. The van der Waals surface area contributed by atoms with Crippen LogP contribution in [-0.2, 0) is 9.47 Å². The summed E-state index contributed by atoms with van der Waals surface area (Å²) in [6, 6.07) is 0. The van der Waals surface area contributed by atoms with E-state index < -0.39 is 0 Å². The molecule has 2 rings (SSSR count). The molecule has 21 heavy (non-hydrogen) atoms. The third-order valence-corrected chi connectivity index (χ3v) is 3.91. The molecular formula is C15H30N4O2. The van der Waals surface area contributed by atoms with Crippen LogP contribution in [0, 0.1) is 5.41 Å². The zero-order chi connectivity index (χ0) is 15.0. The van der Waals surface area contributed by atoms with Gasteiger partial charge in [0.2, 0.25) is 0 Å². The van der Waals surface area contributed by atoms with Gasteiger partial charge in [-0.05, 0) is 19.9 Å². The average Bonchev–Trinajstić information content (AvgIpc) is 2.48. The van der Waals surface area contributed by atoms with Gasteiger partial charge in [0, 0.05) is 31.6 Å². The van der Waals surface area contributed by atoms with Crippen molar-refractivity contribution < 1.29 is 9.47 Å². The van der Waals surface area contributed by atoms with E-state index in [2.05, 4.69) is 34.4 Å². The summed E-state index contributed by atoms with van der Waals surface area (Å²) in [6.45, 7) is 13.6. The van der Waals surface area contributed by atoms with Gasteiger partial charge < -0.3 is 20.1 Å². The highest BCUT2D eigenvalue weighted by Crippen LogP contribution is 2.26. The monoisotopic (exact) mass is 298 g/mol. The first-order valence-electron chi connectivity index (χ1n) is 8.12. The van der Waals surface area contributed by atoms with Gasteiger partial charge >= 0.3 is 0 Å². The van der Waals surface area contributed by atoms with E-state index in [0.717, 1.165) is 78.1 Å². The second kappa shape index (κ2) is 8.56. The predicted molar refractivity (Wildman–Crippen MR) is 84.8 cm³/mol. The maximum Gasteiger partial charge on any atom is 0.191 e. The van der Waals surface area contributed by atoms with Crippen molar-refractivity contribution in [3.05, 3.63) is 0 Å². The zero-order valence-corrected chi connectivity index (χ0v) is 13.5. The molecule has 122 valence electrons. The van der Waals surface area contributed by atoms with Gasteiger partial charge in [-0.1, -0.05) is 6.92 Å². The normalized spacial score (nSPS) is 22.7. The number of guanidine groups is 1. The van der Waals surface area contributed by atoms with Gasteiger partial charge in [0.15, 0.2) is 5.96 Å². The number of nitrogens with one attached hydrogen (secondary N) is 2. The fraction of sp³-hybridized carbons (Fsp3) is 0.933. The summed E-state index contributed by atoms with van der Waals surface area (Å²) < 4.78 is 10.6. The minimum absolute atomic E-state index is 0.232. The van der Waals surface area contributed by atoms with Crippen LogP contribution >= 0.6 is 0 Å². The Balaban J connectivity index is 1.63. The van der Waals surface area contributed by atoms with Gasteiger partial charge in [0.05, 0.1) is 33.0 Å². The van der Waals surface area contributed by atoms with Crippen LogP contribution in [0.3, 0.4) is 0 Å². The van der Waals surface area contributed by atoms with Gasteiger partial charge in [-0.15, -0.1) is 0 Å². The molecule has 2 saturated heterocycles. The molecule has 0 aromatic heterocycles. The predicted octanol–water partition coefficient (Wildman–Crippen LogP) is 0.300. The highest BCUT2D eigenvalue weighted by atomic mass is 16.5. The Morgan fingerprint density at radius 1 is 1.19 bits per heavy atom. The van der Waals surface area contributed by atoms with Crippen LogP contribution in [-0.4, -0.2) is 76.6 Å². The molecule has 2 N–H and O–H groups in total. The lowest BCUT2D eigenvalue weighted by molar-refractivity contribution is -0.0945. The van der Waals surface area contributed by atoms with Crippen LogP contribution in [0.2, 0.25) is 0 Å². The Bertz CT molecular complexity index is 326. The van der Waals surface area contributed by atoms with Gasteiger partial charge in [0.25, 0.3) is 0 Å². The number of morpholine rings is 1. The molecule has 2 heterocycles. The Labute approximate surface area is 128 Å². The summed E-state index contributed by atoms with van der Waals surface area (Å²) in [7, 11) is 0. The number of hydrogen-bond acceptors (Lipinski definition) is 4. The van der Waals surface area contributed by atoms with Crippen LogP contribution in [0.4, 0.5) is 0 Å². The van der Waals surface area contributed by atoms with Crippen molar-refractivity contribution in [2.45, 2.75) is 20.3 Å². The van der Waals surface area contributed by atoms with Crippen molar-refractivity contribution in [3.8, 4) is 0 Å². The molecule has 0 spiro atoms. The Morgan fingerprint density at radius 3 is 2.57 bits per heavy atom. The summed E-state index contributed by atoms with van der Waals surface area (Å²) >= 11 is 0. The van der Waals surface area contributed by atoms with Crippen LogP contribution in [0.25, 0.3) is 0 Å². The molecule has 2 fully saturated rings. The fourth-order valence-electron chi connectivity index (χ4n) is 2.49. The summed E-state index contributed by atoms with van der Waals surface area (Å²) in [5.41, 5.74) is 0.232. The first-order chi connectivity index (χ1) is 10.2. The van der Waals surface area contributed by atoms with Gasteiger partial charge in [-0.25, -0.2) is 0 Å². The lowest BCUT2D eigenvalue weighted by atomic mass is 9.89. The van der Waals surface area contributed by atoms with Crippen molar-refractivity contribution in [1.82, 2.24) is 15.5 Å². The number of rotatable bonds is 7. The van der Waals surface area contributed by atoms with Crippen molar-refractivity contribution in [1.29, 1.82) is 0 Å². The number of aliphatic imine (C=N–C) groups is 1. The smallest absolute Gasteiger partial charge is 0.191 e. The topological polar surface area (TPSA) is 58.1 Å². The lowest BCUT2D eigenvalue weighted by Gasteiger charge is -2.36. The maximum atomic E-state index is 5.36. The highest BCUT2D eigenvalue weighted by molar-refractivity contribution is 5.79. The molecule has 0 bridgehead atoms. The van der Waals surface area contributed by atoms with E-state index in [1.807, 2.05) is 0 Å². The summed E-state index contributed by atoms with van der Waals surface area (Å²) in [5, 5.41) is 6.73. The van der Waals surface area contributed by atoms with E-state index >= 15 is 0 Å². The second-order valence-corrected chi connectivity index (χ2v) is 6.23. The van der Waals surface area contributed by atoms with E-state index in [-0.39, 0.29) is 5.41 Å². The molecule has 0 amide bonds. The zero-order valence-electron chi connectivity index (χ0n) is 13.5. The Morgan fingerprint density at radius 2 is 1.95 bits per heavy atom. The molecule has 2 aliphatic heterocycles. The average molecular weight is 298 g/mol. The molecule has 0 aromatic carbocycles. The minimum atomic E-state index is 0.232. The van der Waals surface area contributed by atoms with Crippen molar-refractivity contribution in [2.75, 3.05) is 65.7 Å². The SMILES string of the molecule is CCNC(=NCC1(C)COC1)NCCCN1CCOCC1. The first-order valence-corrected chi connectivity index (χ1v) is 8.12. The fourth-order valence-corrected chi connectivity index (χ4v) is 2.49. The molecule has 6 heteroatoms. The van der Waals surface area contributed by atoms with E-state index in [1.165, 1.54) is 0 Å². The standard InChI is InChI=1S/C15H30N4O2/c1-3-16-14(18-11-15(2)12-21-13-15)17-5-4-6-19-7-9-20-10-8-19/h3-13H2,1-2H3,(H2,16,17,18). The third kappa shape index (κ3) is 5.80. The van der Waals surface area contributed by atoms with Gasteiger partial charge in [-0.2, -0.15) is 0 Å². The van der Waals surface area contributed by atoms with Gasteiger partial charge in [0.1, 0.15) is 0 Å².